The third kappa shape index (κ3) is 2.70. The highest BCUT2D eigenvalue weighted by Crippen LogP contribution is 2.24. The highest BCUT2D eigenvalue weighted by atomic mass is 32.2. The van der Waals surface area contributed by atoms with E-state index >= 15 is 0 Å². The molecular weight excluding hydrogens is 323 g/mol. The van der Waals surface area contributed by atoms with Crippen molar-refractivity contribution in [2.24, 2.45) is 0 Å². The molecule has 0 N–H and O–H groups in total. The second-order valence-electron chi connectivity index (χ2n) is 4.76. The largest absolute Gasteiger partial charge is 0.497 e. The fourth-order valence-corrected chi connectivity index (χ4v) is 3.44. The van der Waals surface area contributed by atoms with Crippen LogP contribution in [0, 0.1) is 5.82 Å². The van der Waals surface area contributed by atoms with E-state index in [1.807, 2.05) is 0 Å². The lowest BCUT2D eigenvalue weighted by Gasteiger charge is -2.06. The number of methoxy groups -OCH3 is 1. The van der Waals surface area contributed by atoms with Crippen LogP contribution in [-0.2, 0) is 9.84 Å². The summed E-state index contributed by atoms with van der Waals surface area (Å²) < 4.78 is 48.4. The van der Waals surface area contributed by atoms with Gasteiger partial charge in [-0.2, -0.15) is 0 Å². The molecule has 0 bridgehead atoms. The molecule has 0 radical (unpaired) electrons. The molecule has 1 aromatic heterocycles. The van der Waals surface area contributed by atoms with Gasteiger partial charge in [0.05, 0.1) is 12.0 Å². The highest BCUT2D eigenvalue weighted by Gasteiger charge is 2.23. The summed E-state index contributed by atoms with van der Waals surface area (Å²) in [5.74, 6) is -0.0734. The van der Waals surface area contributed by atoms with Crippen LogP contribution in [0.4, 0.5) is 4.39 Å². The number of benzene rings is 2. The third-order valence-corrected chi connectivity index (χ3v) is 5.08. The van der Waals surface area contributed by atoms with Crippen molar-refractivity contribution >= 4 is 20.8 Å². The minimum Gasteiger partial charge on any atom is -0.497 e. The van der Waals surface area contributed by atoms with E-state index in [9.17, 15) is 17.6 Å². The van der Waals surface area contributed by atoms with E-state index in [-0.39, 0.29) is 15.9 Å². The smallest absolute Gasteiger partial charge is 0.355 e. The standard InChI is InChI=1S/C16H11FO5S/c1-21-12-3-5-13(6-4-12)23(19,20)15-9-10-8-11(17)2-7-14(10)22-16(15)18/h2-9H,1H3. The monoisotopic (exact) mass is 334 g/mol. The maximum atomic E-state index is 13.3. The van der Waals surface area contributed by atoms with Crippen LogP contribution >= 0.6 is 0 Å². The van der Waals surface area contributed by atoms with Crippen LogP contribution in [0.3, 0.4) is 0 Å². The van der Waals surface area contributed by atoms with E-state index in [1.165, 1.54) is 37.4 Å². The van der Waals surface area contributed by atoms with Crippen molar-refractivity contribution in [3.05, 3.63) is 64.8 Å². The molecule has 23 heavy (non-hydrogen) atoms. The molecule has 0 saturated carbocycles. The van der Waals surface area contributed by atoms with E-state index in [0.717, 1.165) is 18.2 Å². The van der Waals surface area contributed by atoms with Crippen molar-refractivity contribution in [2.75, 3.05) is 7.11 Å². The molecule has 0 atom stereocenters. The minimum absolute atomic E-state index is 0.0821. The molecule has 0 unspecified atom stereocenters. The Kier molecular flexibility index (Phi) is 3.65. The lowest BCUT2D eigenvalue weighted by Crippen LogP contribution is -2.14. The summed E-state index contributed by atoms with van der Waals surface area (Å²) in [7, 11) is -2.63. The Balaban J connectivity index is 2.20. The zero-order valence-corrected chi connectivity index (χ0v) is 12.8. The van der Waals surface area contributed by atoms with Crippen LogP contribution in [-0.4, -0.2) is 15.5 Å². The minimum atomic E-state index is -4.08. The molecule has 3 rings (SSSR count). The highest BCUT2D eigenvalue weighted by molar-refractivity contribution is 7.91. The summed E-state index contributed by atoms with van der Waals surface area (Å²) in [6.07, 6.45) is 0. The van der Waals surface area contributed by atoms with Crippen molar-refractivity contribution in [3.8, 4) is 5.75 Å². The molecule has 7 heteroatoms. The van der Waals surface area contributed by atoms with Gasteiger partial charge in [0, 0.05) is 5.39 Å². The Labute approximate surface area is 130 Å². The van der Waals surface area contributed by atoms with Crippen molar-refractivity contribution in [1.29, 1.82) is 0 Å². The molecule has 118 valence electrons. The summed E-state index contributed by atoms with van der Waals surface area (Å²) in [4.78, 5) is 11.4. The SMILES string of the molecule is COc1ccc(S(=O)(=O)c2cc3cc(F)ccc3oc2=O)cc1. The molecule has 0 spiro atoms. The number of hydrogen-bond acceptors (Lipinski definition) is 5. The Morgan fingerprint density at radius 3 is 2.39 bits per heavy atom. The lowest BCUT2D eigenvalue weighted by atomic mass is 10.2. The van der Waals surface area contributed by atoms with E-state index < -0.39 is 26.2 Å². The molecule has 0 aliphatic rings. The van der Waals surface area contributed by atoms with Gasteiger partial charge in [-0.25, -0.2) is 17.6 Å². The quantitative estimate of drug-likeness (QED) is 0.689. The summed E-state index contributed by atoms with van der Waals surface area (Å²) in [5, 5.41) is 0.191. The topological polar surface area (TPSA) is 73.6 Å². The van der Waals surface area contributed by atoms with Gasteiger partial charge in [-0.15, -0.1) is 0 Å². The molecule has 2 aromatic carbocycles. The van der Waals surface area contributed by atoms with Gasteiger partial charge in [0.15, 0.2) is 4.90 Å². The summed E-state index contributed by atoms with van der Waals surface area (Å²) >= 11 is 0. The van der Waals surface area contributed by atoms with Gasteiger partial charge < -0.3 is 9.15 Å². The van der Waals surface area contributed by atoms with Gasteiger partial charge >= 0.3 is 5.63 Å². The van der Waals surface area contributed by atoms with E-state index in [4.69, 9.17) is 9.15 Å². The fourth-order valence-electron chi connectivity index (χ4n) is 2.14. The zero-order chi connectivity index (χ0) is 16.6. The number of rotatable bonds is 3. The number of sulfone groups is 1. The molecule has 0 aliphatic carbocycles. The predicted molar refractivity (Wildman–Crippen MR) is 80.9 cm³/mol. The maximum absolute atomic E-state index is 13.3. The summed E-state index contributed by atoms with van der Waals surface area (Å²) in [6, 6.07) is 10.2. The lowest BCUT2D eigenvalue weighted by molar-refractivity contribution is 0.414. The van der Waals surface area contributed by atoms with Crippen molar-refractivity contribution in [1.82, 2.24) is 0 Å². The van der Waals surface area contributed by atoms with Crippen LogP contribution in [0.25, 0.3) is 11.0 Å². The number of fused-ring (bicyclic) bond motifs is 1. The first-order valence-corrected chi connectivity index (χ1v) is 8.03. The normalized spacial score (nSPS) is 11.6. The molecule has 0 amide bonds. The maximum Gasteiger partial charge on any atom is 0.355 e. The molecule has 0 fully saturated rings. The first-order valence-electron chi connectivity index (χ1n) is 6.54. The fraction of sp³-hybridized carbons (Fsp3) is 0.0625. The second-order valence-corrected chi connectivity index (χ2v) is 6.68. The van der Waals surface area contributed by atoms with Gasteiger partial charge in [0.25, 0.3) is 0 Å². The van der Waals surface area contributed by atoms with Crippen molar-refractivity contribution in [2.45, 2.75) is 9.79 Å². The van der Waals surface area contributed by atoms with Crippen molar-refractivity contribution < 1.29 is 22.0 Å². The summed E-state index contributed by atoms with van der Waals surface area (Å²) in [5.41, 5.74) is -0.884. The van der Waals surface area contributed by atoms with Gasteiger partial charge in [0.2, 0.25) is 9.84 Å². The predicted octanol–water partition coefficient (Wildman–Crippen LogP) is 2.77. The van der Waals surface area contributed by atoms with Gasteiger partial charge in [0.1, 0.15) is 17.1 Å². The van der Waals surface area contributed by atoms with Gasteiger partial charge in [-0.1, -0.05) is 0 Å². The Morgan fingerprint density at radius 2 is 1.74 bits per heavy atom. The number of hydrogen-bond donors (Lipinski definition) is 0. The third-order valence-electron chi connectivity index (χ3n) is 3.32. The number of ether oxygens (including phenoxy) is 1. The molecule has 3 aromatic rings. The van der Waals surface area contributed by atoms with Crippen LogP contribution < -0.4 is 10.4 Å². The Hall–Kier alpha value is -2.67. The average molecular weight is 334 g/mol. The Bertz CT molecular complexity index is 1040. The molecule has 1 heterocycles. The van der Waals surface area contributed by atoms with E-state index in [1.54, 1.807) is 0 Å². The van der Waals surface area contributed by atoms with Crippen molar-refractivity contribution in [3.63, 3.8) is 0 Å². The average Bonchev–Trinajstić information content (AvgIpc) is 2.54. The molecule has 0 saturated heterocycles. The van der Waals surface area contributed by atoms with E-state index in [2.05, 4.69) is 0 Å². The first-order chi connectivity index (χ1) is 10.9. The van der Waals surface area contributed by atoms with Crippen LogP contribution in [0.5, 0.6) is 5.75 Å². The van der Waals surface area contributed by atoms with Gasteiger partial charge in [-0.05, 0) is 48.5 Å². The van der Waals surface area contributed by atoms with Crippen LogP contribution in [0.1, 0.15) is 0 Å². The second kappa shape index (κ2) is 5.51. The molecular formula is C16H11FO5S. The molecule has 5 nitrogen and oxygen atoms in total. The first kappa shape index (κ1) is 15.2. The number of halogens is 1. The van der Waals surface area contributed by atoms with Crippen LogP contribution in [0.2, 0.25) is 0 Å². The molecule has 0 aliphatic heterocycles. The van der Waals surface area contributed by atoms with Gasteiger partial charge in [-0.3, -0.25) is 0 Å². The summed E-state index contributed by atoms with van der Waals surface area (Å²) in [6.45, 7) is 0. The Morgan fingerprint density at radius 1 is 1.04 bits per heavy atom. The van der Waals surface area contributed by atoms with Crippen LogP contribution in [0.15, 0.2) is 67.5 Å². The zero-order valence-electron chi connectivity index (χ0n) is 11.9. The van der Waals surface area contributed by atoms with E-state index in [0.29, 0.717) is 5.75 Å².